The highest BCUT2D eigenvalue weighted by atomic mass is 32.2. The van der Waals surface area contributed by atoms with E-state index < -0.39 is 22.4 Å². The number of anilines is 1. The second-order valence-corrected chi connectivity index (χ2v) is 6.43. The summed E-state index contributed by atoms with van der Waals surface area (Å²) in [6, 6.07) is 4.09. The molecule has 18 heavy (non-hydrogen) atoms. The quantitative estimate of drug-likeness (QED) is 0.831. The van der Waals surface area contributed by atoms with Gasteiger partial charge in [-0.05, 0) is 18.4 Å². The minimum atomic E-state index is -3.55. The van der Waals surface area contributed by atoms with E-state index in [1.54, 1.807) is 0 Å². The first kappa shape index (κ1) is 13.3. The first-order valence-corrected chi connectivity index (χ1v) is 7.56. The topological polar surface area (TPSA) is 66.4 Å². The number of aliphatic hydroxyl groups excluding tert-OH is 1. The summed E-state index contributed by atoms with van der Waals surface area (Å²) in [6.07, 6.45) is 2.77. The van der Waals surface area contributed by atoms with Crippen molar-refractivity contribution in [3.8, 4) is 0 Å². The van der Waals surface area contributed by atoms with Crippen LogP contribution < -0.4 is 4.72 Å². The molecule has 1 aromatic rings. The molecule has 1 aliphatic carbocycles. The van der Waals surface area contributed by atoms with Crippen LogP contribution in [0.4, 0.5) is 10.1 Å². The van der Waals surface area contributed by atoms with E-state index >= 15 is 0 Å². The van der Waals surface area contributed by atoms with E-state index in [-0.39, 0.29) is 17.0 Å². The minimum absolute atomic E-state index is 0.00311. The number of aliphatic hydroxyl groups is 1. The summed E-state index contributed by atoms with van der Waals surface area (Å²) in [5.74, 6) is -0.173. The third kappa shape index (κ3) is 3.43. The van der Waals surface area contributed by atoms with E-state index in [9.17, 15) is 12.8 Å². The highest BCUT2D eigenvalue weighted by Gasteiger charge is 2.24. The molecule has 100 valence electrons. The maximum Gasteiger partial charge on any atom is 0.232 e. The normalized spacial score (nSPS) is 15.7. The predicted molar refractivity (Wildman–Crippen MR) is 67.1 cm³/mol. The van der Waals surface area contributed by atoms with Crippen molar-refractivity contribution >= 4 is 15.7 Å². The van der Waals surface area contributed by atoms with Crippen LogP contribution in [0, 0.1) is 11.7 Å². The number of nitrogens with one attached hydrogen (secondary N) is 1. The largest absolute Gasteiger partial charge is 0.392 e. The van der Waals surface area contributed by atoms with Gasteiger partial charge in [-0.3, -0.25) is 4.72 Å². The SMILES string of the molecule is O=S(=O)(CCC1CC1)Nc1c(F)cccc1CO. The molecule has 0 aromatic heterocycles. The average molecular weight is 273 g/mol. The van der Waals surface area contributed by atoms with Gasteiger partial charge in [0.15, 0.2) is 0 Å². The summed E-state index contributed by atoms with van der Waals surface area (Å²) in [6.45, 7) is -0.405. The minimum Gasteiger partial charge on any atom is -0.392 e. The average Bonchev–Trinajstić information content (AvgIpc) is 3.13. The van der Waals surface area contributed by atoms with E-state index in [1.807, 2.05) is 0 Å². The number of benzene rings is 1. The maximum absolute atomic E-state index is 13.5. The maximum atomic E-state index is 13.5. The van der Waals surface area contributed by atoms with Crippen LogP contribution in [0.3, 0.4) is 0 Å². The zero-order chi connectivity index (χ0) is 13.2. The molecule has 0 heterocycles. The summed E-state index contributed by atoms with van der Waals surface area (Å²) in [4.78, 5) is 0. The fraction of sp³-hybridized carbons (Fsp3) is 0.500. The third-order valence-electron chi connectivity index (χ3n) is 3.02. The molecule has 2 rings (SSSR count). The first-order valence-electron chi connectivity index (χ1n) is 5.90. The summed E-state index contributed by atoms with van der Waals surface area (Å²) in [7, 11) is -3.55. The van der Waals surface area contributed by atoms with E-state index in [0.717, 1.165) is 18.9 Å². The fourth-order valence-electron chi connectivity index (χ4n) is 1.75. The fourth-order valence-corrected chi connectivity index (χ4v) is 3.04. The molecule has 0 unspecified atom stereocenters. The van der Waals surface area contributed by atoms with Crippen molar-refractivity contribution in [2.45, 2.75) is 25.9 Å². The van der Waals surface area contributed by atoms with Gasteiger partial charge in [-0.2, -0.15) is 0 Å². The van der Waals surface area contributed by atoms with Crippen molar-refractivity contribution < 1.29 is 17.9 Å². The summed E-state index contributed by atoms with van der Waals surface area (Å²) >= 11 is 0. The molecular formula is C12H16FNO3S. The first-order chi connectivity index (χ1) is 8.52. The van der Waals surface area contributed by atoms with Crippen LogP contribution in [-0.4, -0.2) is 19.3 Å². The van der Waals surface area contributed by atoms with Crippen molar-refractivity contribution in [3.63, 3.8) is 0 Å². The molecule has 0 atom stereocenters. The van der Waals surface area contributed by atoms with E-state index in [0.29, 0.717) is 12.3 Å². The van der Waals surface area contributed by atoms with Gasteiger partial charge in [0.1, 0.15) is 5.82 Å². The van der Waals surface area contributed by atoms with Crippen LogP contribution in [-0.2, 0) is 16.6 Å². The van der Waals surface area contributed by atoms with Gasteiger partial charge in [0.25, 0.3) is 0 Å². The second-order valence-electron chi connectivity index (χ2n) is 4.59. The third-order valence-corrected chi connectivity index (χ3v) is 4.31. The summed E-state index contributed by atoms with van der Waals surface area (Å²) < 4.78 is 39.4. The number of halogens is 1. The zero-order valence-corrected chi connectivity index (χ0v) is 10.7. The number of para-hydroxylation sites is 1. The van der Waals surface area contributed by atoms with Crippen LogP contribution in [0.2, 0.25) is 0 Å². The van der Waals surface area contributed by atoms with Gasteiger partial charge in [0.2, 0.25) is 10.0 Å². The lowest BCUT2D eigenvalue weighted by Gasteiger charge is -2.12. The van der Waals surface area contributed by atoms with Gasteiger partial charge in [0.05, 0.1) is 18.0 Å². The van der Waals surface area contributed by atoms with E-state index in [2.05, 4.69) is 4.72 Å². The number of sulfonamides is 1. The van der Waals surface area contributed by atoms with Crippen LogP contribution >= 0.6 is 0 Å². The standard InChI is InChI=1S/C12H16FNO3S/c13-11-3-1-2-10(8-15)12(11)14-18(16,17)7-6-9-4-5-9/h1-3,9,14-15H,4-8H2. The highest BCUT2D eigenvalue weighted by molar-refractivity contribution is 7.92. The molecule has 0 amide bonds. The second kappa shape index (κ2) is 5.24. The molecule has 0 spiro atoms. The lowest BCUT2D eigenvalue weighted by Crippen LogP contribution is -2.19. The van der Waals surface area contributed by atoms with Gasteiger partial charge >= 0.3 is 0 Å². The Labute approximate surface area is 106 Å². The Bertz CT molecular complexity index is 526. The van der Waals surface area contributed by atoms with E-state index in [4.69, 9.17) is 5.11 Å². The van der Waals surface area contributed by atoms with Crippen molar-refractivity contribution in [1.29, 1.82) is 0 Å². The van der Waals surface area contributed by atoms with Crippen molar-refractivity contribution in [2.24, 2.45) is 5.92 Å². The smallest absolute Gasteiger partial charge is 0.232 e. The molecule has 4 nitrogen and oxygen atoms in total. The van der Waals surface area contributed by atoms with Gasteiger partial charge in [-0.1, -0.05) is 25.0 Å². The molecular weight excluding hydrogens is 257 g/mol. The zero-order valence-electron chi connectivity index (χ0n) is 9.89. The van der Waals surface area contributed by atoms with Gasteiger partial charge < -0.3 is 5.11 Å². The van der Waals surface area contributed by atoms with Gasteiger partial charge in [-0.25, -0.2) is 12.8 Å². The summed E-state index contributed by atoms with van der Waals surface area (Å²) in [5, 5.41) is 9.07. The molecule has 0 aliphatic heterocycles. The molecule has 0 bridgehead atoms. The Morgan fingerprint density at radius 2 is 2.11 bits per heavy atom. The number of hydrogen-bond donors (Lipinski definition) is 2. The number of rotatable bonds is 6. The van der Waals surface area contributed by atoms with Crippen molar-refractivity contribution in [3.05, 3.63) is 29.6 Å². The van der Waals surface area contributed by atoms with Crippen molar-refractivity contribution in [2.75, 3.05) is 10.5 Å². The lowest BCUT2D eigenvalue weighted by molar-refractivity contribution is 0.282. The highest BCUT2D eigenvalue weighted by Crippen LogP contribution is 2.33. The Balaban J connectivity index is 2.11. The Hall–Kier alpha value is -1.14. The predicted octanol–water partition coefficient (Wildman–Crippen LogP) is 1.86. The molecule has 2 N–H and O–H groups in total. The van der Waals surface area contributed by atoms with Gasteiger partial charge in [0, 0.05) is 5.56 Å². The van der Waals surface area contributed by atoms with Crippen LogP contribution in [0.1, 0.15) is 24.8 Å². The molecule has 1 aromatic carbocycles. The van der Waals surface area contributed by atoms with Crippen LogP contribution in [0.5, 0.6) is 0 Å². The summed E-state index contributed by atoms with van der Waals surface area (Å²) in [5.41, 5.74) is 0.0980. The Morgan fingerprint density at radius 1 is 1.39 bits per heavy atom. The van der Waals surface area contributed by atoms with Crippen LogP contribution in [0.15, 0.2) is 18.2 Å². The van der Waals surface area contributed by atoms with Crippen molar-refractivity contribution in [1.82, 2.24) is 0 Å². The molecule has 1 aliphatic rings. The lowest BCUT2D eigenvalue weighted by atomic mass is 10.2. The molecule has 1 saturated carbocycles. The molecule has 0 saturated heterocycles. The molecule has 6 heteroatoms. The van der Waals surface area contributed by atoms with Crippen LogP contribution in [0.25, 0.3) is 0 Å². The van der Waals surface area contributed by atoms with Gasteiger partial charge in [-0.15, -0.1) is 0 Å². The Morgan fingerprint density at radius 3 is 2.72 bits per heavy atom. The van der Waals surface area contributed by atoms with E-state index in [1.165, 1.54) is 12.1 Å². The molecule has 0 radical (unpaired) electrons. The Kier molecular flexibility index (Phi) is 3.87. The monoisotopic (exact) mass is 273 g/mol. The molecule has 1 fully saturated rings. The number of hydrogen-bond acceptors (Lipinski definition) is 3.